The number of hydrogen-bond acceptors (Lipinski definition) is 5. The van der Waals surface area contributed by atoms with Crippen LogP contribution in [0.25, 0.3) is 6.08 Å². The topological polar surface area (TPSA) is 52.6 Å². The van der Waals surface area contributed by atoms with Crippen molar-refractivity contribution in [2.24, 2.45) is 5.92 Å². The summed E-state index contributed by atoms with van der Waals surface area (Å²) < 4.78 is 0. The molecule has 2 aliphatic heterocycles. The number of carbonyl (C=O) groups excluding carboxylic acids is 1. The highest BCUT2D eigenvalue weighted by Crippen LogP contribution is 2.28. The summed E-state index contributed by atoms with van der Waals surface area (Å²) in [6.45, 7) is 10.8. The zero-order valence-electron chi connectivity index (χ0n) is 17.2. The highest BCUT2D eigenvalue weighted by Gasteiger charge is 2.28. The Hall–Kier alpha value is -1.95. The molecule has 3 heterocycles. The van der Waals surface area contributed by atoms with E-state index in [0.717, 1.165) is 55.5 Å². The molecule has 6 nitrogen and oxygen atoms in total. The van der Waals surface area contributed by atoms with Gasteiger partial charge >= 0.3 is 0 Å². The van der Waals surface area contributed by atoms with Crippen LogP contribution in [0.2, 0.25) is 0 Å². The molecule has 1 aromatic rings. The lowest BCUT2D eigenvalue weighted by atomic mass is 9.95. The average Bonchev–Trinajstić information content (AvgIpc) is 2.69. The van der Waals surface area contributed by atoms with Gasteiger partial charge < -0.3 is 14.7 Å². The van der Waals surface area contributed by atoms with Gasteiger partial charge in [-0.3, -0.25) is 4.79 Å². The summed E-state index contributed by atoms with van der Waals surface area (Å²) in [7, 11) is 1.75. The van der Waals surface area contributed by atoms with Crippen molar-refractivity contribution in [1.82, 2.24) is 14.9 Å². The Balaban J connectivity index is 1.72. The first-order chi connectivity index (χ1) is 13.0. The SMILES string of the molecule is C/C=C\c1c(C)nc(N2CCC(N3CCC(C)CC3)CC2)nc1N(C)C=O. The van der Waals surface area contributed by atoms with Crippen LogP contribution in [-0.2, 0) is 4.79 Å². The molecule has 0 spiro atoms. The summed E-state index contributed by atoms with van der Waals surface area (Å²) in [5.41, 5.74) is 1.82. The Labute approximate surface area is 163 Å². The van der Waals surface area contributed by atoms with E-state index in [0.29, 0.717) is 11.9 Å². The number of aromatic nitrogens is 2. The fourth-order valence-corrected chi connectivity index (χ4v) is 4.20. The number of allylic oxidation sites excluding steroid dienone is 1. The van der Waals surface area contributed by atoms with Crippen LogP contribution < -0.4 is 9.80 Å². The second-order valence-electron chi connectivity index (χ2n) is 8.00. The molecule has 0 aliphatic carbocycles. The first-order valence-corrected chi connectivity index (χ1v) is 10.2. The molecule has 2 fully saturated rings. The van der Waals surface area contributed by atoms with E-state index in [1.165, 1.54) is 30.8 Å². The van der Waals surface area contributed by atoms with E-state index in [1.807, 2.05) is 26.0 Å². The lowest BCUT2D eigenvalue weighted by Gasteiger charge is -2.41. The molecule has 0 radical (unpaired) electrons. The van der Waals surface area contributed by atoms with Crippen molar-refractivity contribution in [3.8, 4) is 0 Å². The van der Waals surface area contributed by atoms with Crippen molar-refractivity contribution < 1.29 is 4.79 Å². The van der Waals surface area contributed by atoms with Gasteiger partial charge in [-0.05, 0) is 58.5 Å². The van der Waals surface area contributed by atoms with Gasteiger partial charge in [0.1, 0.15) is 5.82 Å². The molecule has 0 bridgehead atoms. The second-order valence-corrected chi connectivity index (χ2v) is 8.00. The third kappa shape index (κ3) is 4.49. The standard InChI is InChI=1S/C21H33N5O/c1-5-6-19-17(3)22-21(23-20(19)24(4)15-27)26-13-9-18(10-14-26)25-11-7-16(2)8-12-25/h5-6,15-16,18H,7-14H2,1-4H3/b6-5-. The molecule has 1 amide bonds. The zero-order chi connectivity index (χ0) is 19.4. The minimum Gasteiger partial charge on any atom is -0.341 e. The van der Waals surface area contributed by atoms with E-state index in [4.69, 9.17) is 9.97 Å². The van der Waals surface area contributed by atoms with Crippen LogP contribution in [0.3, 0.4) is 0 Å². The Kier molecular flexibility index (Phi) is 6.47. The van der Waals surface area contributed by atoms with Crippen molar-refractivity contribution in [3.63, 3.8) is 0 Å². The van der Waals surface area contributed by atoms with Crippen LogP contribution in [0, 0.1) is 12.8 Å². The molecule has 0 aromatic carbocycles. The number of anilines is 2. The number of amides is 1. The number of nitrogens with zero attached hydrogens (tertiary/aromatic N) is 5. The predicted molar refractivity (Wildman–Crippen MR) is 111 cm³/mol. The van der Waals surface area contributed by atoms with E-state index >= 15 is 0 Å². The highest BCUT2D eigenvalue weighted by atomic mass is 16.1. The fourth-order valence-electron chi connectivity index (χ4n) is 4.20. The van der Waals surface area contributed by atoms with Gasteiger partial charge in [-0.25, -0.2) is 4.98 Å². The largest absolute Gasteiger partial charge is 0.341 e. The van der Waals surface area contributed by atoms with E-state index in [1.54, 1.807) is 7.05 Å². The minimum absolute atomic E-state index is 0.678. The number of aryl methyl sites for hydroxylation is 1. The van der Waals surface area contributed by atoms with Gasteiger partial charge in [0.25, 0.3) is 0 Å². The minimum atomic E-state index is 0.678. The van der Waals surface area contributed by atoms with Gasteiger partial charge in [0.05, 0.1) is 5.69 Å². The van der Waals surface area contributed by atoms with Crippen LogP contribution in [0.15, 0.2) is 6.08 Å². The van der Waals surface area contributed by atoms with Gasteiger partial charge in [-0.2, -0.15) is 4.98 Å². The molecule has 3 rings (SSSR count). The van der Waals surface area contributed by atoms with Crippen LogP contribution in [0.4, 0.5) is 11.8 Å². The van der Waals surface area contributed by atoms with Crippen molar-refractivity contribution in [2.75, 3.05) is 43.0 Å². The van der Waals surface area contributed by atoms with Crippen LogP contribution in [0.1, 0.15) is 50.8 Å². The van der Waals surface area contributed by atoms with E-state index in [2.05, 4.69) is 16.7 Å². The third-order valence-electron chi connectivity index (χ3n) is 6.01. The lowest BCUT2D eigenvalue weighted by molar-refractivity contribution is -0.107. The number of piperidine rings is 2. The van der Waals surface area contributed by atoms with E-state index in [-0.39, 0.29) is 0 Å². The van der Waals surface area contributed by atoms with Gasteiger partial charge in [-0.1, -0.05) is 19.1 Å². The zero-order valence-corrected chi connectivity index (χ0v) is 17.2. The Morgan fingerprint density at radius 1 is 1.07 bits per heavy atom. The van der Waals surface area contributed by atoms with Crippen molar-refractivity contribution in [2.45, 2.75) is 52.5 Å². The van der Waals surface area contributed by atoms with Crippen molar-refractivity contribution >= 4 is 24.3 Å². The average molecular weight is 372 g/mol. The van der Waals surface area contributed by atoms with E-state index < -0.39 is 0 Å². The molecule has 0 unspecified atom stereocenters. The van der Waals surface area contributed by atoms with Gasteiger partial charge in [-0.15, -0.1) is 0 Å². The molecule has 2 aliphatic rings. The monoisotopic (exact) mass is 371 g/mol. The van der Waals surface area contributed by atoms with Gasteiger partial charge in [0, 0.05) is 31.7 Å². The van der Waals surface area contributed by atoms with Crippen LogP contribution in [-0.4, -0.2) is 60.5 Å². The Bertz CT molecular complexity index is 673. The maximum Gasteiger partial charge on any atom is 0.227 e. The number of carbonyl (C=O) groups is 1. The first kappa shape index (κ1) is 19.8. The first-order valence-electron chi connectivity index (χ1n) is 10.2. The Morgan fingerprint density at radius 2 is 1.74 bits per heavy atom. The summed E-state index contributed by atoms with van der Waals surface area (Å²) in [5, 5.41) is 0. The highest BCUT2D eigenvalue weighted by molar-refractivity contribution is 5.79. The molecule has 2 saturated heterocycles. The number of rotatable bonds is 5. The molecule has 1 aromatic heterocycles. The van der Waals surface area contributed by atoms with Crippen molar-refractivity contribution in [1.29, 1.82) is 0 Å². The molecule has 0 atom stereocenters. The molecule has 148 valence electrons. The van der Waals surface area contributed by atoms with Crippen molar-refractivity contribution in [3.05, 3.63) is 17.3 Å². The summed E-state index contributed by atoms with van der Waals surface area (Å²) in [6, 6.07) is 0.689. The predicted octanol–water partition coefficient (Wildman–Crippen LogP) is 3.11. The molecule has 0 N–H and O–H groups in total. The normalized spacial score (nSPS) is 20.4. The Morgan fingerprint density at radius 3 is 2.33 bits per heavy atom. The lowest BCUT2D eigenvalue weighted by Crippen LogP contribution is -2.48. The summed E-state index contributed by atoms with van der Waals surface area (Å²) >= 11 is 0. The number of hydrogen-bond donors (Lipinski definition) is 0. The van der Waals surface area contributed by atoms with Crippen LogP contribution in [0.5, 0.6) is 0 Å². The maximum atomic E-state index is 11.3. The summed E-state index contributed by atoms with van der Waals surface area (Å²) in [5.74, 6) is 2.30. The number of likely N-dealkylation sites (tertiary alicyclic amines) is 1. The molecule has 27 heavy (non-hydrogen) atoms. The molecular formula is C21H33N5O. The maximum absolute atomic E-state index is 11.3. The molecule has 6 heteroatoms. The van der Waals surface area contributed by atoms with Gasteiger partial charge in [0.2, 0.25) is 12.4 Å². The summed E-state index contributed by atoms with van der Waals surface area (Å²) in [4.78, 5) is 27.3. The smallest absolute Gasteiger partial charge is 0.227 e. The second kappa shape index (κ2) is 8.83. The summed E-state index contributed by atoms with van der Waals surface area (Å²) in [6.07, 6.45) is 9.71. The van der Waals surface area contributed by atoms with Gasteiger partial charge in [0.15, 0.2) is 0 Å². The fraction of sp³-hybridized carbons (Fsp3) is 0.667. The van der Waals surface area contributed by atoms with E-state index in [9.17, 15) is 4.79 Å². The molecular weight excluding hydrogens is 338 g/mol. The third-order valence-corrected chi connectivity index (χ3v) is 6.01. The molecule has 0 saturated carbocycles. The van der Waals surface area contributed by atoms with Crippen LogP contribution >= 0.6 is 0 Å². The quantitative estimate of drug-likeness (QED) is 0.745.